The number of sulfonamides is 1. The summed E-state index contributed by atoms with van der Waals surface area (Å²) in [6.45, 7) is 1.32. The van der Waals surface area contributed by atoms with E-state index >= 15 is 0 Å². The fourth-order valence-corrected chi connectivity index (χ4v) is 3.12. The largest absolute Gasteiger partial charge is 0.480 e. The van der Waals surface area contributed by atoms with Gasteiger partial charge in [-0.3, -0.25) is 4.79 Å². The summed E-state index contributed by atoms with van der Waals surface area (Å²) in [6.07, 6.45) is 0. The summed E-state index contributed by atoms with van der Waals surface area (Å²) in [5, 5.41) is 9.16. The zero-order valence-corrected chi connectivity index (χ0v) is 12.0. The van der Waals surface area contributed by atoms with Gasteiger partial charge in [-0.15, -0.1) is 0 Å². The van der Waals surface area contributed by atoms with Gasteiger partial charge < -0.3 is 9.84 Å². The SMILES string of the molecule is COCC(NS(=O)(=O)c1cc(Cl)ccc1C)C(=O)O. The number of carboxylic acid groups (broad SMARTS) is 1. The van der Waals surface area contributed by atoms with Crippen LogP contribution in [0.2, 0.25) is 5.02 Å². The summed E-state index contributed by atoms with van der Waals surface area (Å²) in [5.74, 6) is -1.31. The predicted octanol–water partition coefficient (Wildman–Crippen LogP) is 1.03. The smallest absolute Gasteiger partial charge is 0.324 e. The molecule has 1 atom stereocenters. The van der Waals surface area contributed by atoms with Gasteiger partial charge in [0, 0.05) is 12.1 Å². The Bertz CT molecular complexity index is 572. The molecule has 0 fully saturated rings. The molecule has 0 amide bonds. The lowest BCUT2D eigenvalue weighted by Gasteiger charge is -2.15. The molecule has 2 N–H and O–H groups in total. The number of carbonyl (C=O) groups is 1. The van der Waals surface area contributed by atoms with E-state index in [1.165, 1.54) is 13.2 Å². The van der Waals surface area contributed by atoms with Crippen LogP contribution in [-0.4, -0.2) is 39.3 Å². The molecule has 8 heteroatoms. The molecule has 0 aromatic heterocycles. The molecule has 19 heavy (non-hydrogen) atoms. The monoisotopic (exact) mass is 307 g/mol. The Morgan fingerprint density at radius 3 is 2.68 bits per heavy atom. The third kappa shape index (κ3) is 4.17. The Hall–Kier alpha value is -1.15. The summed E-state index contributed by atoms with van der Waals surface area (Å²) in [7, 11) is -2.69. The second-order valence-electron chi connectivity index (χ2n) is 3.88. The molecule has 106 valence electrons. The minimum absolute atomic E-state index is 0.0534. The first-order valence-corrected chi connectivity index (χ1v) is 7.14. The number of aryl methyl sites for hydroxylation is 1. The van der Waals surface area contributed by atoms with Gasteiger partial charge in [0.15, 0.2) is 0 Å². The third-order valence-corrected chi connectivity index (χ3v) is 4.22. The second kappa shape index (κ2) is 6.33. The average Bonchev–Trinajstić information content (AvgIpc) is 2.31. The zero-order valence-electron chi connectivity index (χ0n) is 10.4. The van der Waals surface area contributed by atoms with E-state index in [1.807, 2.05) is 0 Å². The van der Waals surface area contributed by atoms with Crippen LogP contribution >= 0.6 is 11.6 Å². The van der Waals surface area contributed by atoms with Gasteiger partial charge in [-0.2, -0.15) is 4.72 Å². The summed E-state index contributed by atoms with van der Waals surface area (Å²) in [4.78, 5) is 10.9. The lowest BCUT2D eigenvalue weighted by Crippen LogP contribution is -2.43. The molecular formula is C11H14ClNO5S. The highest BCUT2D eigenvalue weighted by atomic mass is 35.5. The van der Waals surface area contributed by atoms with E-state index in [0.717, 1.165) is 0 Å². The van der Waals surface area contributed by atoms with E-state index in [2.05, 4.69) is 9.46 Å². The minimum atomic E-state index is -3.98. The Morgan fingerprint density at radius 2 is 2.16 bits per heavy atom. The van der Waals surface area contributed by atoms with E-state index < -0.39 is 22.0 Å². The van der Waals surface area contributed by atoms with E-state index in [9.17, 15) is 13.2 Å². The summed E-state index contributed by atoms with van der Waals surface area (Å²) in [5.41, 5.74) is 0.471. The van der Waals surface area contributed by atoms with Crippen LogP contribution in [0.5, 0.6) is 0 Å². The van der Waals surface area contributed by atoms with Gasteiger partial charge in [0.25, 0.3) is 0 Å². The number of nitrogens with one attached hydrogen (secondary N) is 1. The molecule has 1 unspecified atom stereocenters. The molecular weight excluding hydrogens is 294 g/mol. The number of aliphatic carboxylic acids is 1. The Kier molecular flexibility index (Phi) is 5.30. The fraction of sp³-hybridized carbons (Fsp3) is 0.364. The molecule has 1 rings (SSSR count). The van der Waals surface area contributed by atoms with Crippen molar-refractivity contribution in [3.63, 3.8) is 0 Å². The summed E-state index contributed by atoms with van der Waals surface area (Å²) >= 11 is 5.75. The first-order valence-electron chi connectivity index (χ1n) is 5.28. The number of ether oxygens (including phenoxy) is 1. The molecule has 0 aliphatic heterocycles. The van der Waals surface area contributed by atoms with Gasteiger partial charge in [-0.05, 0) is 24.6 Å². The summed E-state index contributed by atoms with van der Waals surface area (Å²) < 4.78 is 30.9. The minimum Gasteiger partial charge on any atom is -0.480 e. The van der Waals surface area contributed by atoms with E-state index in [0.29, 0.717) is 5.56 Å². The Morgan fingerprint density at radius 1 is 1.53 bits per heavy atom. The molecule has 0 radical (unpaired) electrons. The number of methoxy groups -OCH3 is 1. The molecule has 0 aliphatic carbocycles. The van der Waals surface area contributed by atoms with Gasteiger partial charge in [-0.25, -0.2) is 8.42 Å². The highest BCUT2D eigenvalue weighted by Crippen LogP contribution is 2.20. The second-order valence-corrected chi connectivity index (χ2v) is 6.00. The molecule has 0 aliphatic rings. The van der Waals surface area contributed by atoms with Crippen LogP contribution < -0.4 is 4.72 Å². The first-order chi connectivity index (χ1) is 8.77. The van der Waals surface area contributed by atoms with Crippen LogP contribution in [0, 0.1) is 6.92 Å². The van der Waals surface area contributed by atoms with Crippen molar-refractivity contribution in [1.29, 1.82) is 0 Å². The molecule has 0 spiro atoms. The molecule has 1 aromatic rings. The van der Waals surface area contributed by atoms with Gasteiger partial charge in [0.1, 0.15) is 6.04 Å². The Balaban J connectivity index is 3.10. The van der Waals surface area contributed by atoms with Gasteiger partial charge in [-0.1, -0.05) is 17.7 Å². The van der Waals surface area contributed by atoms with E-state index in [1.54, 1.807) is 19.1 Å². The van der Waals surface area contributed by atoms with Gasteiger partial charge >= 0.3 is 5.97 Å². The number of rotatable bonds is 6. The van der Waals surface area contributed by atoms with Crippen molar-refractivity contribution >= 4 is 27.6 Å². The lowest BCUT2D eigenvalue weighted by atomic mass is 10.2. The van der Waals surface area contributed by atoms with Crippen LogP contribution in [-0.2, 0) is 19.6 Å². The number of benzene rings is 1. The Labute approximate surface area is 116 Å². The molecule has 6 nitrogen and oxygen atoms in total. The van der Waals surface area contributed by atoms with Crippen molar-refractivity contribution in [1.82, 2.24) is 4.72 Å². The standard InChI is InChI=1S/C11H14ClNO5S/c1-7-3-4-8(12)5-10(7)19(16,17)13-9(6-18-2)11(14)15/h3-5,9,13H,6H2,1-2H3,(H,14,15). The third-order valence-electron chi connectivity index (χ3n) is 2.37. The van der Waals surface area contributed by atoms with Crippen LogP contribution in [0.25, 0.3) is 0 Å². The highest BCUT2D eigenvalue weighted by Gasteiger charge is 2.26. The first kappa shape index (κ1) is 15.9. The number of carboxylic acids is 1. The van der Waals surface area contributed by atoms with Crippen LogP contribution in [0.3, 0.4) is 0 Å². The van der Waals surface area contributed by atoms with Crippen molar-refractivity contribution in [2.45, 2.75) is 17.9 Å². The van der Waals surface area contributed by atoms with Crippen molar-refractivity contribution < 1.29 is 23.1 Å². The maximum atomic E-state index is 12.1. The highest BCUT2D eigenvalue weighted by molar-refractivity contribution is 7.89. The lowest BCUT2D eigenvalue weighted by molar-refractivity contribution is -0.140. The van der Waals surface area contributed by atoms with Crippen molar-refractivity contribution in [2.24, 2.45) is 0 Å². The number of hydrogen-bond donors (Lipinski definition) is 2. The topological polar surface area (TPSA) is 92.7 Å². The maximum Gasteiger partial charge on any atom is 0.324 e. The quantitative estimate of drug-likeness (QED) is 0.818. The summed E-state index contributed by atoms with van der Waals surface area (Å²) in [6, 6.07) is 3.02. The van der Waals surface area contributed by atoms with Crippen molar-refractivity contribution in [2.75, 3.05) is 13.7 Å². The molecule has 0 bridgehead atoms. The van der Waals surface area contributed by atoms with Crippen LogP contribution in [0.15, 0.2) is 23.1 Å². The van der Waals surface area contributed by atoms with Crippen molar-refractivity contribution in [3.8, 4) is 0 Å². The average molecular weight is 308 g/mol. The van der Waals surface area contributed by atoms with E-state index in [-0.39, 0.29) is 16.5 Å². The maximum absolute atomic E-state index is 12.1. The van der Waals surface area contributed by atoms with Crippen molar-refractivity contribution in [3.05, 3.63) is 28.8 Å². The normalized spacial score (nSPS) is 13.2. The fourth-order valence-electron chi connectivity index (χ4n) is 1.44. The van der Waals surface area contributed by atoms with Crippen LogP contribution in [0.1, 0.15) is 5.56 Å². The number of halogens is 1. The van der Waals surface area contributed by atoms with Crippen LogP contribution in [0.4, 0.5) is 0 Å². The molecule has 1 aromatic carbocycles. The van der Waals surface area contributed by atoms with Gasteiger partial charge in [0.05, 0.1) is 11.5 Å². The van der Waals surface area contributed by atoms with E-state index in [4.69, 9.17) is 16.7 Å². The zero-order chi connectivity index (χ0) is 14.6. The van der Waals surface area contributed by atoms with Gasteiger partial charge in [0.2, 0.25) is 10.0 Å². The molecule has 0 heterocycles. The molecule has 0 saturated heterocycles. The number of hydrogen-bond acceptors (Lipinski definition) is 4. The molecule has 0 saturated carbocycles. The predicted molar refractivity (Wildman–Crippen MR) is 69.8 cm³/mol.